The average Bonchev–Trinajstić information content (AvgIpc) is 3.34. The van der Waals surface area contributed by atoms with Crippen molar-refractivity contribution in [2.45, 2.75) is 24.1 Å². The van der Waals surface area contributed by atoms with E-state index in [0.29, 0.717) is 24.6 Å². The first kappa shape index (κ1) is 24.3. The third-order valence-electron chi connectivity index (χ3n) is 5.62. The molecular formula is C22H24F3N3O5S. The van der Waals surface area contributed by atoms with Gasteiger partial charge >= 0.3 is 6.36 Å². The van der Waals surface area contributed by atoms with Crippen LogP contribution >= 0.6 is 0 Å². The molecule has 1 N–H and O–H groups in total. The molecule has 0 bridgehead atoms. The number of nitrogens with one attached hydrogen (secondary N) is 1. The number of nitrogens with zero attached hydrogens (tertiary/aromatic N) is 2. The monoisotopic (exact) mass is 499 g/mol. The molecule has 0 radical (unpaired) electrons. The van der Waals surface area contributed by atoms with E-state index < -0.39 is 28.0 Å². The number of ether oxygens (including phenoxy) is 2. The van der Waals surface area contributed by atoms with Crippen LogP contribution in [0.1, 0.15) is 23.2 Å². The number of carbonyl (C=O) groups excluding carboxylic acids is 1. The van der Waals surface area contributed by atoms with Crippen LogP contribution in [-0.4, -0.2) is 64.4 Å². The van der Waals surface area contributed by atoms with Gasteiger partial charge in [0, 0.05) is 31.7 Å². The van der Waals surface area contributed by atoms with Crippen LogP contribution in [0.4, 0.5) is 24.5 Å². The Hall–Kier alpha value is -2.83. The molecule has 2 heterocycles. The highest BCUT2D eigenvalue weighted by atomic mass is 32.2. The fourth-order valence-corrected chi connectivity index (χ4v) is 5.38. The Morgan fingerprint density at radius 3 is 2.24 bits per heavy atom. The summed E-state index contributed by atoms with van der Waals surface area (Å²) in [4.78, 5) is 15.0. The molecule has 2 saturated heterocycles. The van der Waals surface area contributed by atoms with Gasteiger partial charge in [-0.2, -0.15) is 4.31 Å². The molecule has 0 saturated carbocycles. The van der Waals surface area contributed by atoms with E-state index in [2.05, 4.69) is 15.0 Å². The topological polar surface area (TPSA) is 88.2 Å². The number of hydrogen-bond acceptors (Lipinski definition) is 6. The van der Waals surface area contributed by atoms with Gasteiger partial charge < -0.3 is 19.7 Å². The standard InChI is InChI=1S/C22H24F3N3O5S/c23-22(24,25)33-17-5-3-16(4-6-17)21(29)26-19-15-18(7-8-20(19)27-9-1-2-10-27)34(30,31)28-11-13-32-14-12-28/h3-8,15H,1-2,9-14H2,(H,26,29). The summed E-state index contributed by atoms with van der Waals surface area (Å²) in [5, 5.41) is 2.74. The van der Waals surface area contributed by atoms with Gasteiger partial charge in [-0.05, 0) is 55.3 Å². The van der Waals surface area contributed by atoms with E-state index in [9.17, 15) is 26.4 Å². The van der Waals surface area contributed by atoms with Crippen LogP contribution in [0.5, 0.6) is 5.75 Å². The van der Waals surface area contributed by atoms with Crippen LogP contribution in [0, 0.1) is 0 Å². The highest BCUT2D eigenvalue weighted by Gasteiger charge is 2.31. The quantitative estimate of drug-likeness (QED) is 0.655. The zero-order chi connectivity index (χ0) is 24.3. The lowest BCUT2D eigenvalue weighted by molar-refractivity contribution is -0.274. The van der Waals surface area contributed by atoms with Gasteiger partial charge in [0.2, 0.25) is 10.0 Å². The second kappa shape index (κ2) is 9.80. The van der Waals surface area contributed by atoms with Crippen LogP contribution in [0.2, 0.25) is 0 Å². The molecule has 2 aliphatic rings. The number of amides is 1. The Bertz CT molecular complexity index is 1130. The molecule has 0 unspecified atom stereocenters. The molecular weight excluding hydrogens is 475 g/mol. The maximum atomic E-state index is 13.1. The molecule has 1 amide bonds. The SMILES string of the molecule is O=C(Nc1cc(S(=O)(=O)N2CCOCC2)ccc1N1CCCC1)c1ccc(OC(F)(F)F)cc1. The third-order valence-corrected chi connectivity index (χ3v) is 7.52. The van der Waals surface area contributed by atoms with Gasteiger partial charge in [-0.25, -0.2) is 8.42 Å². The fraction of sp³-hybridized carbons (Fsp3) is 0.409. The molecule has 12 heteroatoms. The molecule has 4 rings (SSSR count). The fourth-order valence-electron chi connectivity index (χ4n) is 3.95. The summed E-state index contributed by atoms with van der Waals surface area (Å²) in [7, 11) is -3.79. The van der Waals surface area contributed by atoms with E-state index in [0.717, 1.165) is 38.1 Å². The average molecular weight is 500 g/mol. The molecule has 184 valence electrons. The molecule has 2 aromatic carbocycles. The summed E-state index contributed by atoms with van der Waals surface area (Å²) in [6.45, 7) is 2.63. The summed E-state index contributed by atoms with van der Waals surface area (Å²) < 4.78 is 73.8. The molecule has 2 aromatic rings. The van der Waals surface area contributed by atoms with Crippen molar-refractivity contribution in [2.24, 2.45) is 0 Å². The van der Waals surface area contributed by atoms with E-state index >= 15 is 0 Å². The molecule has 0 spiro atoms. The number of anilines is 2. The summed E-state index contributed by atoms with van der Waals surface area (Å²) in [6.07, 6.45) is -2.88. The Labute approximate surface area is 195 Å². The minimum Gasteiger partial charge on any atom is -0.406 e. The van der Waals surface area contributed by atoms with Gasteiger partial charge in [0.05, 0.1) is 29.5 Å². The largest absolute Gasteiger partial charge is 0.573 e. The number of halogens is 3. The number of hydrogen-bond donors (Lipinski definition) is 1. The lowest BCUT2D eigenvalue weighted by Gasteiger charge is -2.27. The van der Waals surface area contributed by atoms with E-state index in [1.165, 1.54) is 28.6 Å². The van der Waals surface area contributed by atoms with Crippen LogP contribution in [-0.2, 0) is 14.8 Å². The highest BCUT2D eigenvalue weighted by molar-refractivity contribution is 7.89. The minimum absolute atomic E-state index is 0.0431. The van der Waals surface area contributed by atoms with E-state index in [1.807, 2.05) is 0 Å². The zero-order valence-corrected chi connectivity index (χ0v) is 19.0. The lowest BCUT2D eigenvalue weighted by atomic mass is 10.2. The van der Waals surface area contributed by atoms with Crippen LogP contribution in [0.25, 0.3) is 0 Å². The molecule has 0 aromatic heterocycles. The first-order chi connectivity index (χ1) is 16.1. The molecule has 34 heavy (non-hydrogen) atoms. The summed E-state index contributed by atoms with van der Waals surface area (Å²) in [5.41, 5.74) is 1.10. The van der Waals surface area contributed by atoms with Gasteiger partial charge in [-0.3, -0.25) is 4.79 Å². The Morgan fingerprint density at radius 1 is 0.971 bits per heavy atom. The van der Waals surface area contributed by atoms with E-state index in [4.69, 9.17) is 4.74 Å². The Morgan fingerprint density at radius 2 is 1.62 bits per heavy atom. The van der Waals surface area contributed by atoms with Crippen molar-refractivity contribution < 1.29 is 35.9 Å². The minimum atomic E-state index is -4.83. The summed E-state index contributed by atoms with van der Waals surface area (Å²) in [6, 6.07) is 9.14. The maximum Gasteiger partial charge on any atom is 0.573 e. The van der Waals surface area contributed by atoms with Gasteiger partial charge in [-0.15, -0.1) is 13.2 Å². The van der Waals surface area contributed by atoms with Crippen molar-refractivity contribution in [1.29, 1.82) is 0 Å². The number of benzene rings is 2. The molecule has 2 fully saturated rings. The Kier molecular flexibility index (Phi) is 7.01. The summed E-state index contributed by atoms with van der Waals surface area (Å²) in [5.74, 6) is -1.03. The van der Waals surface area contributed by atoms with Crippen LogP contribution in [0.3, 0.4) is 0 Å². The molecule has 8 nitrogen and oxygen atoms in total. The number of rotatable bonds is 6. The van der Waals surface area contributed by atoms with Crippen molar-refractivity contribution in [2.75, 3.05) is 49.6 Å². The van der Waals surface area contributed by atoms with Crippen molar-refractivity contribution in [3.8, 4) is 5.75 Å². The van der Waals surface area contributed by atoms with Crippen molar-refractivity contribution in [1.82, 2.24) is 4.31 Å². The first-order valence-electron chi connectivity index (χ1n) is 10.8. The second-order valence-electron chi connectivity index (χ2n) is 7.92. The van der Waals surface area contributed by atoms with Gasteiger partial charge in [-0.1, -0.05) is 0 Å². The zero-order valence-electron chi connectivity index (χ0n) is 18.2. The maximum absolute atomic E-state index is 13.1. The predicted octanol–water partition coefficient (Wildman–Crippen LogP) is 3.46. The smallest absolute Gasteiger partial charge is 0.406 e. The number of carbonyl (C=O) groups is 1. The van der Waals surface area contributed by atoms with Crippen molar-refractivity contribution >= 4 is 27.3 Å². The number of sulfonamides is 1. The van der Waals surface area contributed by atoms with Crippen LogP contribution in [0.15, 0.2) is 47.4 Å². The molecule has 0 atom stereocenters. The lowest BCUT2D eigenvalue weighted by Crippen LogP contribution is -2.40. The van der Waals surface area contributed by atoms with Gasteiger partial charge in [0.1, 0.15) is 5.75 Å². The summed E-state index contributed by atoms with van der Waals surface area (Å²) >= 11 is 0. The first-order valence-corrected chi connectivity index (χ1v) is 12.2. The third kappa shape index (κ3) is 5.62. The van der Waals surface area contributed by atoms with Gasteiger partial charge in [0.25, 0.3) is 5.91 Å². The normalized spacial score (nSPS) is 17.6. The number of morpholine rings is 1. The van der Waals surface area contributed by atoms with Crippen LogP contribution < -0.4 is 15.0 Å². The highest BCUT2D eigenvalue weighted by Crippen LogP contribution is 2.33. The van der Waals surface area contributed by atoms with E-state index in [1.54, 1.807) is 6.07 Å². The molecule has 2 aliphatic heterocycles. The molecule has 0 aliphatic carbocycles. The predicted molar refractivity (Wildman–Crippen MR) is 119 cm³/mol. The second-order valence-corrected chi connectivity index (χ2v) is 9.85. The van der Waals surface area contributed by atoms with Crippen molar-refractivity contribution in [3.05, 3.63) is 48.0 Å². The van der Waals surface area contributed by atoms with Crippen molar-refractivity contribution in [3.63, 3.8) is 0 Å². The van der Waals surface area contributed by atoms with E-state index in [-0.39, 0.29) is 23.5 Å². The Balaban J connectivity index is 1.60. The number of alkyl halides is 3. The van der Waals surface area contributed by atoms with Gasteiger partial charge in [0.15, 0.2) is 0 Å².